The van der Waals surface area contributed by atoms with Crippen LogP contribution in [0.25, 0.3) is 0 Å². The van der Waals surface area contributed by atoms with Crippen molar-refractivity contribution in [1.82, 2.24) is 15.5 Å². The average Bonchev–Trinajstić information content (AvgIpc) is 2.71. The molecule has 4 aliphatic carbocycles. The Labute approximate surface area is 190 Å². The van der Waals surface area contributed by atoms with E-state index >= 15 is 0 Å². The van der Waals surface area contributed by atoms with Gasteiger partial charge in [-0.2, -0.15) is 0 Å². The van der Waals surface area contributed by atoms with Crippen LogP contribution in [0.5, 0.6) is 0 Å². The molecule has 0 aromatic heterocycles. The first kappa shape index (κ1) is 22.5. The lowest BCUT2D eigenvalue weighted by Gasteiger charge is -2.55. The van der Waals surface area contributed by atoms with Crippen LogP contribution in [-0.2, 0) is 19.1 Å². The van der Waals surface area contributed by atoms with E-state index in [4.69, 9.17) is 17.0 Å². The molecule has 1 unspecified atom stereocenters. The summed E-state index contributed by atoms with van der Waals surface area (Å²) >= 11 is 5.57. The molecule has 5 fully saturated rings. The van der Waals surface area contributed by atoms with Crippen molar-refractivity contribution >= 4 is 35.1 Å². The molecule has 2 amide bonds. The van der Waals surface area contributed by atoms with Crippen LogP contribution in [0.15, 0.2) is 0 Å². The second-order valence-electron chi connectivity index (χ2n) is 10.1. The zero-order valence-electron chi connectivity index (χ0n) is 18.5. The lowest BCUT2D eigenvalue weighted by Crippen LogP contribution is -2.62. The van der Waals surface area contributed by atoms with Crippen molar-refractivity contribution in [1.29, 1.82) is 0 Å². The molecule has 5 aliphatic rings. The van der Waals surface area contributed by atoms with Gasteiger partial charge in [0.05, 0.1) is 18.4 Å². The van der Waals surface area contributed by atoms with Crippen molar-refractivity contribution in [3.63, 3.8) is 0 Å². The Hall–Kier alpha value is -1.70. The SMILES string of the molecule is CCCCCOC(=O)CC1C(=O)NCCN1C(=S)NC(=O)C12CC3CC(CC(C3)C1)C2. The summed E-state index contributed by atoms with van der Waals surface area (Å²) in [5.74, 6) is 1.37. The standard InChI is InChI=1S/C23H35N3O4S/c1-2-3-4-7-30-19(27)11-18-20(28)24-5-6-26(18)22(31)25-21(29)23-12-15-8-16(13-23)10-17(9-15)14-23/h15-18H,2-14H2,1H3,(H,24,28)(H,25,29,31). The molecule has 0 spiro atoms. The number of unbranched alkanes of at least 4 members (excludes halogenated alkanes) is 2. The van der Waals surface area contributed by atoms with E-state index in [9.17, 15) is 14.4 Å². The molecule has 172 valence electrons. The van der Waals surface area contributed by atoms with Crippen molar-refractivity contribution in [2.75, 3.05) is 19.7 Å². The summed E-state index contributed by atoms with van der Waals surface area (Å²) in [4.78, 5) is 39.8. The Morgan fingerprint density at radius 1 is 1.16 bits per heavy atom. The van der Waals surface area contributed by atoms with Crippen LogP contribution >= 0.6 is 12.2 Å². The van der Waals surface area contributed by atoms with E-state index in [-0.39, 0.29) is 28.8 Å². The number of hydrogen-bond donors (Lipinski definition) is 2. The second kappa shape index (κ2) is 9.43. The normalized spacial score (nSPS) is 33.7. The highest BCUT2D eigenvalue weighted by Crippen LogP contribution is 2.60. The monoisotopic (exact) mass is 449 g/mol. The Morgan fingerprint density at radius 2 is 1.81 bits per heavy atom. The van der Waals surface area contributed by atoms with Crippen LogP contribution < -0.4 is 10.6 Å². The Balaban J connectivity index is 1.36. The molecule has 1 atom stereocenters. The fourth-order valence-electron chi connectivity index (χ4n) is 6.61. The number of carbonyl (C=O) groups is 3. The topological polar surface area (TPSA) is 87.7 Å². The highest BCUT2D eigenvalue weighted by atomic mass is 32.1. The van der Waals surface area contributed by atoms with Gasteiger partial charge in [-0.3, -0.25) is 14.4 Å². The quantitative estimate of drug-likeness (QED) is 0.353. The molecule has 1 saturated heterocycles. The van der Waals surface area contributed by atoms with Gasteiger partial charge in [0.2, 0.25) is 11.8 Å². The first-order chi connectivity index (χ1) is 14.9. The van der Waals surface area contributed by atoms with E-state index in [2.05, 4.69) is 17.6 Å². The van der Waals surface area contributed by atoms with Crippen LogP contribution in [0.3, 0.4) is 0 Å². The fourth-order valence-corrected chi connectivity index (χ4v) is 6.92. The van der Waals surface area contributed by atoms with E-state index in [1.54, 1.807) is 4.90 Å². The highest BCUT2D eigenvalue weighted by Gasteiger charge is 2.55. The summed E-state index contributed by atoms with van der Waals surface area (Å²) < 4.78 is 5.29. The van der Waals surface area contributed by atoms with Gasteiger partial charge in [-0.05, 0) is 74.9 Å². The van der Waals surface area contributed by atoms with Gasteiger partial charge in [0.1, 0.15) is 6.04 Å². The Bertz CT molecular complexity index is 705. The van der Waals surface area contributed by atoms with E-state index in [1.165, 1.54) is 19.3 Å². The Morgan fingerprint density at radius 3 is 2.42 bits per heavy atom. The summed E-state index contributed by atoms with van der Waals surface area (Å²) in [6.07, 6.45) is 9.50. The summed E-state index contributed by atoms with van der Waals surface area (Å²) in [6.45, 7) is 3.37. The van der Waals surface area contributed by atoms with Gasteiger partial charge in [-0.25, -0.2) is 0 Å². The number of rotatable bonds is 7. The number of nitrogens with one attached hydrogen (secondary N) is 2. The summed E-state index contributed by atoms with van der Waals surface area (Å²) in [5.41, 5.74) is -0.301. The smallest absolute Gasteiger partial charge is 0.308 e. The number of thiocarbonyl (C=S) groups is 1. The minimum absolute atomic E-state index is 0.0171. The third kappa shape index (κ3) is 4.89. The molecule has 0 radical (unpaired) electrons. The molecule has 4 bridgehead atoms. The minimum Gasteiger partial charge on any atom is -0.466 e. The van der Waals surface area contributed by atoms with Crippen LogP contribution in [0.4, 0.5) is 0 Å². The van der Waals surface area contributed by atoms with Gasteiger partial charge >= 0.3 is 5.97 Å². The number of ether oxygens (including phenoxy) is 1. The minimum atomic E-state index is -0.739. The zero-order valence-corrected chi connectivity index (χ0v) is 19.3. The average molecular weight is 450 g/mol. The molecule has 4 saturated carbocycles. The first-order valence-corrected chi connectivity index (χ1v) is 12.4. The second-order valence-corrected chi connectivity index (χ2v) is 10.5. The molecule has 1 heterocycles. The lowest BCUT2D eigenvalue weighted by molar-refractivity contribution is -0.147. The number of esters is 1. The molecule has 1 aliphatic heterocycles. The van der Waals surface area contributed by atoms with Gasteiger partial charge < -0.3 is 20.3 Å². The Kier molecular flexibility index (Phi) is 6.84. The maximum atomic E-state index is 13.3. The molecule has 0 aromatic rings. The van der Waals surface area contributed by atoms with E-state index < -0.39 is 12.0 Å². The first-order valence-electron chi connectivity index (χ1n) is 12.0. The predicted molar refractivity (Wildman–Crippen MR) is 120 cm³/mol. The molecule has 8 heteroatoms. The van der Waals surface area contributed by atoms with Crippen molar-refractivity contribution in [3.05, 3.63) is 0 Å². The number of nitrogens with zero attached hydrogens (tertiary/aromatic N) is 1. The third-order valence-electron chi connectivity index (χ3n) is 7.70. The van der Waals surface area contributed by atoms with Gasteiger partial charge in [-0.15, -0.1) is 0 Å². The maximum Gasteiger partial charge on any atom is 0.308 e. The van der Waals surface area contributed by atoms with E-state index in [0.29, 0.717) is 37.5 Å². The van der Waals surface area contributed by atoms with E-state index in [0.717, 1.165) is 38.5 Å². The van der Waals surface area contributed by atoms with Crippen molar-refractivity contribution in [3.8, 4) is 0 Å². The van der Waals surface area contributed by atoms with Crippen LogP contribution in [-0.4, -0.2) is 53.5 Å². The summed E-state index contributed by atoms with van der Waals surface area (Å²) in [5, 5.41) is 6.04. The van der Waals surface area contributed by atoms with Crippen molar-refractivity contribution < 1.29 is 19.1 Å². The van der Waals surface area contributed by atoms with Gasteiger partial charge in [0, 0.05) is 13.1 Å². The van der Waals surface area contributed by atoms with Crippen LogP contribution in [0.1, 0.15) is 71.1 Å². The molecular weight excluding hydrogens is 414 g/mol. The van der Waals surface area contributed by atoms with Crippen LogP contribution in [0.2, 0.25) is 0 Å². The largest absolute Gasteiger partial charge is 0.466 e. The molecule has 5 rings (SSSR count). The van der Waals surface area contributed by atoms with Crippen molar-refractivity contribution in [2.24, 2.45) is 23.2 Å². The lowest BCUT2D eigenvalue weighted by atomic mass is 9.49. The van der Waals surface area contributed by atoms with E-state index in [1.807, 2.05) is 0 Å². The molecular formula is C23H35N3O4S. The van der Waals surface area contributed by atoms with Gasteiger partial charge in [-0.1, -0.05) is 19.8 Å². The molecule has 0 aromatic carbocycles. The summed E-state index contributed by atoms with van der Waals surface area (Å²) in [7, 11) is 0. The molecule has 7 nitrogen and oxygen atoms in total. The molecule has 31 heavy (non-hydrogen) atoms. The fraction of sp³-hybridized carbons (Fsp3) is 0.826. The number of piperazine rings is 1. The predicted octanol–water partition coefficient (Wildman–Crippen LogP) is 2.53. The molecule has 2 N–H and O–H groups in total. The number of amides is 2. The third-order valence-corrected chi connectivity index (χ3v) is 8.04. The highest BCUT2D eigenvalue weighted by molar-refractivity contribution is 7.80. The van der Waals surface area contributed by atoms with Crippen molar-refractivity contribution in [2.45, 2.75) is 77.2 Å². The zero-order chi connectivity index (χ0) is 22.0. The maximum absolute atomic E-state index is 13.3. The van der Waals surface area contributed by atoms with Gasteiger partial charge in [0.25, 0.3) is 0 Å². The number of hydrogen-bond acceptors (Lipinski definition) is 5. The summed E-state index contributed by atoms with van der Waals surface area (Å²) in [6, 6.07) is -0.739. The van der Waals surface area contributed by atoms with Gasteiger partial charge in [0.15, 0.2) is 5.11 Å². The van der Waals surface area contributed by atoms with Crippen LogP contribution in [0, 0.1) is 23.2 Å². The number of carbonyl (C=O) groups excluding carboxylic acids is 3.